The third kappa shape index (κ3) is 63.6. The number of ether oxygens (including phenoxy) is 4. The number of quaternary nitrogens is 1. The van der Waals surface area contributed by atoms with E-state index in [9.17, 15) is 19.5 Å². The molecule has 0 spiro atoms. The number of hydrogen-bond acceptors (Lipinski definition) is 7. The van der Waals surface area contributed by atoms with Gasteiger partial charge in [-0.2, -0.15) is 0 Å². The number of esters is 2. The predicted molar refractivity (Wildman–Crippen MR) is 345 cm³/mol. The molecule has 466 valence electrons. The van der Waals surface area contributed by atoms with E-state index in [1.807, 2.05) is 21.1 Å². The van der Waals surface area contributed by atoms with E-state index in [0.29, 0.717) is 17.4 Å². The van der Waals surface area contributed by atoms with Crippen LogP contribution < -0.4 is 0 Å². The molecule has 0 saturated heterocycles. The number of carboxylic acids is 1. The highest BCUT2D eigenvalue weighted by molar-refractivity contribution is 5.71. The van der Waals surface area contributed by atoms with Crippen LogP contribution in [-0.2, 0) is 33.3 Å². The lowest BCUT2D eigenvalue weighted by Gasteiger charge is -2.25. The minimum atomic E-state index is -1.51. The zero-order valence-corrected chi connectivity index (χ0v) is 53.2. The van der Waals surface area contributed by atoms with Crippen LogP contribution in [-0.4, -0.2) is 87.4 Å². The minimum absolute atomic E-state index is 0.184. The maximum Gasteiger partial charge on any atom is 0.361 e. The van der Waals surface area contributed by atoms with Gasteiger partial charge in [-0.15, -0.1) is 0 Å². The van der Waals surface area contributed by atoms with Gasteiger partial charge in [0.1, 0.15) is 13.2 Å². The molecule has 9 nitrogen and oxygen atoms in total. The lowest BCUT2D eigenvalue weighted by molar-refractivity contribution is -0.870. The Hall–Kier alpha value is -3.79. The average Bonchev–Trinajstić information content (AvgIpc) is 3.44. The predicted octanol–water partition coefficient (Wildman–Crippen LogP) is 20.5. The highest BCUT2D eigenvalue weighted by atomic mass is 16.7. The molecule has 2 unspecified atom stereocenters. The Morgan fingerprint density at radius 3 is 0.988 bits per heavy atom. The summed E-state index contributed by atoms with van der Waals surface area (Å²) < 4.78 is 23.0. The van der Waals surface area contributed by atoms with Crippen molar-refractivity contribution in [2.24, 2.45) is 0 Å². The molecule has 2 atom stereocenters. The zero-order chi connectivity index (χ0) is 59.1. The fraction of sp³-hybridized carbons (Fsp3) is 0.736. The van der Waals surface area contributed by atoms with Gasteiger partial charge in [-0.25, -0.2) is 4.79 Å². The molecule has 0 rings (SSSR count). The van der Waals surface area contributed by atoms with Gasteiger partial charge >= 0.3 is 17.9 Å². The quantitative estimate of drug-likeness (QED) is 0.0211. The number of aliphatic carboxylic acids is 1. The molecule has 0 aliphatic rings. The maximum atomic E-state index is 12.9. The third-order valence-electron chi connectivity index (χ3n) is 14.3. The van der Waals surface area contributed by atoms with E-state index in [4.69, 9.17) is 18.9 Å². The molecule has 81 heavy (non-hydrogen) atoms. The number of rotatable bonds is 61. The van der Waals surface area contributed by atoms with Crippen LogP contribution in [0.3, 0.4) is 0 Å². The Labute approximate surface area is 499 Å². The minimum Gasteiger partial charge on any atom is -0.477 e. The summed E-state index contributed by atoms with van der Waals surface area (Å²) in [7, 11) is 5.98. The van der Waals surface area contributed by atoms with Gasteiger partial charge < -0.3 is 28.5 Å². The molecule has 0 aliphatic heterocycles. The molecule has 0 aromatic rings. The van der Waals surface area contributed by atoms with Gasteiger partial charge in [-0.3, -0.25) is 9.59 Å². The Morgan fingerprint density at radius 1 is 0.370 bits per heavy atom. The van der Waals surface area contributed by atoms with Crippen LogP contribution in [0, 0.1) is 0 Å². The SMILES string of the molecule is CC/C=C\C/C=C\C/C=C\C/C=C\CCCCCCCCCCCCCCCCCCC(=O)OC(COC(=O)CCCCCCCCCCCCCCCC/C=C\C/C=C\C/C=C\C/C=C\CC)COC(OCC[N+](C)(C)C)C(=O)O. The molecule has 0 amide bonds. The first-order valence-corrected chi connectivity index (χ1v) is 33.4. The van der Waals surface area contributed by atoms with Gasteiger partial charge in [0.2, 0.25) is 0 Å². The van der Waals surface area contributed by atoms with Crippen molar-refractivity contribution in [1.29, 1.82) is 0 Å². The van der Waals surface area contributed by atoms with Crippen LogP contribution in [0.1, 0.15) is 284 Å². The van der Waals surface area contributed by atoms with E-state index in [-0.39, 0.29) is 32.2 Å². The monoisotopic (exact) mass is 1130 g/mol. The summed E-state index contributed by atoms with van der Waals surface area (Å²) in [4.78, 5) is 37.6. The van der Waals surface area contributed by atoms with Crippen molar-refractivity contribution in [3.63, 3.8) is 0 Å². The molecule has 9 heteroatoms. The maximum absolute atomic E-state index is 12.9. The van der Waals surface area contributed by atoms with Crippen molar-refractivity contribution in [2.75, 3.05) is 47.5 Å². The molecule has 0 saturated carbocycles. The van der Waals surface area contributed by atoms with E-state index in [1.165, 1.54) is 167 Å². The van der Waals surface area contributed by atoms with Crippen molar-refractivity contribution in [3.8, 4) is 0 Å². The van der Waals surface area contributed by atoms with E-state index in [2.05, 4.69) is 111 Å². The van der Waals surface area contributed by atoms with Crippen LogP contribution >= 0.6 is 0 Å². The van der Waals surface area contributed by atoms with Crippen LogP contribution in [0.2, 0.25) is 0 Å². The van der Waals surface area contributed by atoms with Crippen LogP contribution in [0.15, 0.2) is 97.2 Å². The molecule has 0 fully saturated rings. The zero-order valence-electron chi connectivity index (χ0n) is 53.2. The first-order valence-electron chi connectivity index (χ1n) is 33.4. The Bertz CT molecular complexity index is 1650. The Morgan fingerprint density at radius 2 is 0.667 bits per heavy atom. The summed E-state index contributed by atoms with van der Waals surface area (Å²) in [6, 6.07) is 0. The van der Waals surface area contributed by atoms with Crippen molar-refractivity contribution in [3.05, 3.63) is 97.2 Å². The number of nitrogens with zero attached hydrogens (tertiary/aromatic N) is 1. The number of unbranched alkanes of at least 4 members (excludes halogenated alkanes) is 30. The molecular weight excluding hydrogens is 1010 g/mol. The lowest BCUT2D eigenvalue weighted by Crippen LogP contribution is -2.40. The van der Waals surface area contributed by atoms with Gasteiger partial charge in [0, 0.05) is 12.8 Å². The number of carbonyl (C=O) groups excluding carboxylic acids is 2. The standard InChI is InChI=1S/C72H125NO8/c1-6-8-10-12-14-16-18-20-22-24-26-28-30-32-34-35-37-39-41-43-45-47-49-51-53-55-57-59-61-63-70(75)81-68(67-80-72(71(76)77)78-65-64-73(3,4)5)66-79-69(74)62-60-58-56-54-52-50-48-46-44-42-40-38-36-33-31-29-27-25-23-21-19-17-15-13-11-9-7-2/h8-11,14-17,20-23,26-29,68,72H,6-7,12-13,18-19,24-25,30-67H2,1-5H3/p+1/b10-8-,11-9-,16-14-,17-15-,22-20-,23-21-,28-26-,29-27-. The van der Waals surface area contributed by atoms with Crippen LogP contribution in [0.25, 0.3) is 0 Å². The van der Waals surface area contributed by atoms with Gasteiger partial charge in [0.15, 0.2) is 6.10 Å². The molecule has 0 aliphatic carbocycles. The van der Waals surface area contributed by atoms with Crippen molar-refractivity contribution >= 4 is 17.9 Å². The van der Waals surface area contributed by atoms with Crippen molar-refractivity contribution < 1.29 is 42.9 Å². The smallest absolute Gasteiger partial charge is 0.361 e. The molecule has 1 N–H and O–H groups in total. The Balaban J connectivity index is 4.13. The normalized spacial score (nSPS) is 13.3. The molecular formula is C72H126NO8+. The number of allylic oxidation sites excluding steroid dienone is 16. The first-order chi connectivity index (χ1) is 39.6. The van der Waals surface area contributed by atoms with Gasteiger partial charge in [0.25, 0.3) is 6.29 Å². The van der Waals surface area contributed by atoms with E-state index < -0.39 is 24.3 Å². The van der Waals surface area contributed by atoms with E-state index in [0.717, 1.165) is 89.9 Å². The number of carboxylic acid groups (broad SMARTS) is 1. The highest BCUT2D eigenvalue weighted by Gasteiger charge is 2.25. The summed E-state index contributed by atoms with van der Waals surface area (Å²) in [5.74, 6) is -2.00. The van der Waals surface area contributed by atoms with Crippen molar-refractivity contribution in [1.82, 2.24) is 0 Å². The third-order valence-corrected chi connectivity index (χ3v) is 14.3. The summed E-state index contributed by atoms with van der Waals surface area (Å²) >= 11 is 0. The van der Waals surface area contributed by atoms with Crippen molar-refractivity contribution in [2.45, 2.75) is 296 Å². The number of carbonyl (C=O) groups is 3. The summed E-state index contributed by atoms with van der Waals surface area (Å²) in [5, 5.41) is 9.74. The molecule has 0 radical (unpaired) electrons. The first kappa shape index (κ1) is 77.2. The van der Waals surface area contributed by atoms with Gasteiger partial charge in [0.05, 0.1) is 34.4 Å². The fourth-order valence-corrected chi connectivity index (χ4v) is 9.29. The number of hydrogen-bond donors (Lipinski definition) is 1. The largest absolute Gasteiger partial charge is 0.477 e. The van der Waals surface area contributed by atoms with Crippen LogP contribution in [0.5, 0.6) is 0 Å². The van der Waals surface area contributed by atoms with Crippen LogP contribution in [0.4, 0.5) is 0 Å². The van der Waals surface area contributed by atoms with Gasteiger partial charge in [-0.05, 0) is 89.9 Å². The molecule has 0 bridgehead atoms. The summed E-state index contributed by atoms with van der Waals surface area (Å²) in [6.45, 7) is 4.68. The average molecular weight is 1130 g/mol. The molecule has 0 aromatic heterocycles. The van der Waals surface area contributed by atoms with Gasteiger partial charge in [-0.1, -0.05) is 278 Å². The molecule has 0 aromatic carbocycles. The Kier molecular flexibility index (Phi) is 59.3. The highest BCUT2D eigenvalue weighted by Crippen LogP contribution is 2.17. The second kappa shape index (κ2) is 62.3. The molecule has 0 heterocycles. The fourth-order valence-electron chi connectivity index (χ4n) is 9.29. The second-order valence-electron chi connectivity index (χ2n) is 23.4. The van der Waals surface area contributed by atoms with E-state index in [1.54, 1.807) is 0 Å². The topological polar surface area (TPSA) is 108 Å². The summed E-state index contributed by atoms with van der Waals surface area (Å²) in [5.41, 5.74) is 0. The second-order valence-corrected chi connectivity index (χ2v) is 23.4. The summed E-state index contributed by atoms with van der Waals surface area (Å²) in [6.07, 6.45) is 82.2. The van der Waals surface area contributed by atoms with E-state index >= 15 is 0 Å². The lowest BCUT2D eigenvalue weighted by atomic mass is 10.0. The number of likely N-dealkylation sites (N-methyl/N-ethyl adjacent to an activating group) is 1.